The molecular weight excluding hydrogens is 458 g/mol. The molecule has 1 aliphatic rings. The highest BCUT2D eigenvalue weighted by Gasteiger charge is 2.31. The summed E-state index contributed by atoms with van der Waals surface area (Å²) in [5.74, 6) is 0. The Balaban J connectivity index is 1.43. The van der Waals surface area contributed by atoms with E-state index in [0.717, 1.165) is 49.3 Å². The predicted octanol–water partition coefficient (Wildman–Crippen LogP) is 3.93. The van der Waals surface area contributed by atoms with Gasteiger partial charge in [-0.1, -0.05) is 19.9 Å². The SMILES string of the molecule is CCc1nc2ccc(C(C)N3CCN(c4cc(=O)n(C)n5cc(CC#N)nc45)C(CC)C3)cc2s1. The fourth-order valence-corrected chi connectivity index (χ4v) is 6.04. The quantitative estimate of drug-likeness (QED) is 0.408. The molecular formula is C26H31N7OS. The summed E-state index contributed by atoms with van der Waals surface area (Å²) in [5.41, 5.74) is 4.60. The van der Waals surface area contributed by atoms with Crippen molar-refractivity contribution in [1.82, 2.24) is 24.1 Å². The van der Waals surface area contributed by atoms with E-state index in [1.165, 1.54) is 15.3 Å². The summed E-state index contributed by atoms with van der Waals surface area (Å²) < 4.78 is 4.58. The predicted molar refractivity (Wildman–Crippen MR) is 140 cm³/mol. The van der Waals surface area contributed by atoms with Gasteiger partial charge < -0.3 is 4.90 Å². The van der Waals surface area contributed by atoms with E-state index in [2.05, 4.69) is 54.8 Å². The van der Waals surface area contributed by atoms with Crippen LogP contribution in [0.4, 0.5) is 5.69 Å². The van der Waals surface area contributed by atoms with Crippen LogP contribution in [0, 0.1) is 11.3 Å². The lowest BCUT2D eigenvalue weighted by Gasteiger charge is -2.44. The van der Waals surface area contributed by atoms with Crippen LogP contribution in [0.3, 0.4) is 0 Å². The molecule has 0 amide bonds. The third kappa shape index (κ3) is 4.21. The van der Waals surface area contributed by atoms with Gasteiger partial charge in [0.15, 0.2) is 5.65 Å². The zero-order chi connectivity index (χ0) is 24.7. The van der Waals surface area contributed by atoms with Gasteiger partial charge in [-0.25, -0.2) is 19.2 Å². The average molecular weight is 490 g/mol. The molecule has 2 unspecified atom stereocenters. The number of piperazine rings is 1. The van der Waals surface area contributed by atoms with Crippen LogP contribution < -0.4 is 10.5 Å². The van der Waals surface area contributed by atoms with Gasteiger partial charge in [0.1, 0.15) is 0 Å². The van der Waals surface area contributed by atoms with Crippen molar-refractivity contribution in [2.45, 2.75) is 52.1 Å². The molecule has 0 saturated carbocycles. The Labute approximate surface area is 209 Å². The number of rotatable bonds is 6. The smallest absolute Gasteiger partial charge is 0.267 e. The highest BCUT2D eigenvalue weighted by molar-refractivity contribution is 7.18. The number of hydrogen-bond donors (Lipinski definition) is 0. The molecule has 35 heavy (non-hydrogen) atoms. The van der Waals surface area contributed by atoms with Crippen molar-refractivity contribution in [1.29, 1.82) is 5.26 Å². The number of aryl methyl sites for hydroxylation is 2. The fraction of sp³-hybridized carbons (Fsp3) is 0.462. The maximum absolute atomic E-state index is 12.8. The van der Waals surface area contributed by atoms with Gasteiger partial charge >= 0.3 is 0 Å². The number of nitriles is 1. The van der Waals surface area contributed by atoms with Crippen LogP contribution >= 0.6 is 11.3 Å². The van der Waals surface area contributed by atoms with Gasteiger partial charge in [-0.3, -0.25) is 9.69 Å². The van der Waals surface area contributed by atoms with Crippen LogP contribution in [0.25, 0.3) is 15.9 Å². The third-order valence-corrected chi connectivity index (χ3v) is 8.38. The Morgan fingerprint density at radius 3 is 2.80 bits per heavy atom. The minimum atomic E-state index is -0.0802. The minimum Gasteiger partial charge on any atom is -0.363 e. The Bertz CT molecular complexity index is 1480. The summed E-state index contributed by atoms with van der Waals surface area (Å²) in [6.07, 6.45) is 3.95. The summed E-state index contributed by atoms with van der Waals surface area (Å²) in [6.45, 7) is 9.25. The van der Waals surface area contributed by atoms with Crippen molar-refractivity contribution < 1.29 is 0 Å². The summed E-state index contributed by atoms with van der Waals surface area (Å²) in [4.78, 5) is 27.0. The number of hydrogen-bond acceptors (Lipinski definition) is 7. The molecule has 0 radical (unpaired) electrons. The van der Waals surface area contributed by atoms with Gasteiger partial charge in [0.05, 0.1) is 45.3 Å². The standard InChI is InChI=1S/C26H31N7OS/c1-5-20-16-31(17(3)18-7-8-21-23(13-18)35-24(6-2)29-21)11-12-32(20)22-14-25(34)30(4)33-15-19(9-10-27)28-26(22)33/h7-8,13-15,17,20H,5-6,9,11-12,16H2,1-4H3. The molecule has 2 atom stereocenters. The zero-order valence-electron chi connectivity index (χ0n) is 20.7. The van der Waals surface area contributed by atoms with Crippen molar-refractivity contribution >= 4 is 32.9 Å². The molecule has 1 aliphatic heterocycles. The average Bonchev–Trinajstić information content (AvgIpc) is 3.49. The second-order valence-corrected chi connectivity index (χ2v) is 10.4. The van der Waals surface area contributed by atoms with E-state index >= 15 is 0 Å². The van der Waals surface area contributed by atoms with E-state index in [1.54, 1.807) is 39.8 Å². The van der Waals surface area contributed by atoms with Crippen molar-refractivity contribution in [3.8, 4) is 6.07 Å². The van der Waals surface area contributed by atoms with E-state index in [1.807, 2.05) is 0 Å². The Morgan fingerprint density at radius 2 is 2.06 bits per heavy atom. The van der Waals surface area contributed by atoms with Gasteiger partial charge in [-0.05, 0) is 37.5 Å². The first-order valence-corrected chi connectivity index (χ1v) is 13.1. The first-order chi connectivity index (χ1) is 16.9. The van der Waals surface area contributed by atoms with Crippen LogP contribution in [0.1, 0.15) is 49.5 Å². The zero-order valence-corrected chi connectivity index (χ0v) is 21.5. The third-order valence-electron chi connectivity index (χ3n) is 7.21. The number of nitrogens with zero attached hydrogens (tertiary/aromatic N) is 7. The van der Waals surface area contributed by atoms with E-state index in [-0.39, 0.29) is 18.0 Å². The molecule has 1 aromatic carbocycles. The van der Waals surface area contributed by atoms with Crippen LogP contribution in [0.5, 0.6) is 0 Å². The van der Waals surface area contributed by atoms with Crippen molar-refractivity contribution in [3.63, 3.8) is 0 Å². The molecule has 9 heteroatoms. The second kappa shape index (κ2) is 9.44. The van der Waals surface area contributed by atoms with Gasteiger partial charge in [0.25, 0.3) is 5.56 Å². The largest absolute Gasteiger partial charge is 0.363 e. The highest BCUT2D eigenvalue weighted by Crippen LogP contribution is 2.32. The van der Waals surface area contributed by atoms with Crippen LogP contribution in [0.15, 0.2) is 35.3 Å². The Morgan fingerprint density at radius 1 is 1.23 bits per heavy atom. The molecule has 0 N–H and O–H groups in total. The lowest BCUT2D eigenvalue weighted by atomic mass is 10.0. The Kier molecular flexibility index (Phi) is 6.34. The number of thiazole rings is 1. The maximum atomic E-state index is 12.8. The van der Waals surface area contributed by atoms with Crippen LogP contribution in [-0.4, -0.2) is 49.7 Å². The van der Waals surface area contributed by atoms with Gasteiger partial charge in [0, 0.05) is 44.8 Å². The topological polar surface area (TPSA) is 82.5 Å². The molecule has 0 aliphatic carbocycles. The summed E-state index contributed by atoms with van der Waals surface area (Å²) in [5, 5.41) is 10.3. The van der Waals surface area contributed by atoms with Gasteiger partial charge in [0.2, 0.25) is 0 Å². The van der Waals surface area contributed by atoms with Crippen LogP contribution in [0.2, 0.25) is 0 Å². The number of aromatic nitrogens is 4. The van der Waals surface area contributed by atoms with Crippen LogP contribution in [-0.2, 0) is 19.9 Å². The Hall–Kier alpha value is -3.22. The molecule has 3 aromatic heterocycles. The van der Waals surface area contributed by atoms with Crippen molar-refractivity contribution in [3.05, 3.63) is 57.1 Å². The first kappa shape index (κ1) is 23.5. The minimum absolute atomic E-state index is 0.0802. The lowest BCUT2D eigenvalue weighted by molar-refractivity contribution is 0.169. The highest BCUT2D eigenvalue weighted by atomic mass is 32.1. The lowest BCUT2D eigenvalue weighted by Crippen LogP contribution is -2.54. The van der Waals surface area contributed by atoms with Gasteiger partial charge in [-0.15, -0.1) is 11.3 Å². The van der Waals surface area contributed by atoms with Gasteiger partial charge in [-0.2, -0.15) is 5.26 Å². The molecule has 8 nitrogen and oxygen atoms in total. The number of benzene rings is 1. The molecule has 5 rings (SSSR count). The summed E-state index contributed by atoms with van der Waals surface area (Å²) in [6, 6.07) is 11.1. The molecule has 4 heterocycles. The monoisotopic (exact) mass is 489 g/mol. The number of anilines is 1. The first-order valence-electron chi connectivity index (χ1n) is 12.3. The normalized spacial score (nSPS) is 17.8. The molecule has 1 fully saturated rings. The van der Waals surface area contributed by atoms with Crippen molar-refractivity contribution in [2.24, 2.45) is 7.05 Å². The number of fused-ring (bicyclic) bond motifs is 2. The molecule has 4 aromatic rings. The molecule has 182 valence electrons. The second-order valence-electron chi connectivity index (χ2n) is 9.24. The molecule has 1 saturated heterocycles. The van der Waals surface area contributed by atoms with E-state index in [4.69, 9.17) is 15.2 Å². The maximum Gasteiger partial charge on any atom is 0.267 e. The molecule has 0 spiro atoms. The van der Waals surface area contributed by atoms with E-state index < -0.39 is 0 Å². The van der Waals surface area contributed by atoms with E-state index in [9.17, 15) is 4.79 Å². The fourth-order valence-electron chi connectivity index (χ4n) is 5.09. The van der Waals surface area contributed by atoms with Crippen molar-refractivity contribution in [2.75, 3.05) is 24.5 Å². The summed E-state index contributed by atoms with van der Waals surface area (Å²) in [7, 11) is 1.73. The number of imidazole rings is 1. The summed E-state index contributed by atoms with van der Waals surface area (Å²) >= 11 is 1.79. The van der Waals surface area contributed by atoms with E-state index in [0.29, 0.717) is 11.7 Å². The molecule has 0 bridgehead atoms.